The number of ether oxygens (including phenoxy) is 1. The third-order valence-corrected chi connectivity index (χ3v) is 6.29. The molecule has 33 heavy (non-hydrogen) atoms. The number of benzene rings is 2. The predicted molar refractivity (Wildman–Crippen MR) is 119 cm³/mol. The number of aliphatic carboxylic acids is 1. The second-order valence-corrected chi connectivity index (χ2v) is 9.84. The first-order valence-electron chi connectivity index (χ1n) is 11.1. The highest BCUT2D eigenvalue weighted by Gasteiger charge is 2.41. The molecule has 8 heteroatoms. The van der Waals surface area contributed by atoms with E-state index in [2.05, 4.69) is 5.32 Å². The Labute approximate surface area is 191 Å². The minimum absolute atomic E-state index is 0.0418. The standard InChI is InChI=1S/C25H30F3NO4/c1-24(2,3)21(23(31)32)29-22(30)19-13-10-16-6-4-5-7-18(16)20(19)33-14-15-8-11-17(12-9-15)25(26,27)28/h4-7,10,13,15,17,21H,8-9,11-12,14H2,1-3H3,(H,29,30)(H,31,32). The molecule has 1 aliphatic rings. The van der Waals surface area contributed by atoms with E-state index in [-0.39, 0.29) is 30.9 Å². The highest BCUT2D eigenvalue weighted by atomic mass is 19.4. The van der Waals surface area contributed by atoms with Gasteiger partial charge < -0.3 is 15.2 Å². The van der Waals surface area contributed by atoms with Crippen LogP contribution in [0.15, 0.2) is 36.4 Å². The Morgan fingerprint density at radius 3 is 2.27 bits per heavy atom. The predicted octanol–water partition coefficient (Wildman–Crippen LogP) is 5.82. The van der Waals surface area contributed by atoms with E-state index >= 15 is 0 Å². The summed E-state index contributed by atoms with van der Waals surface area (Å²) in [5.74, 6) is -2.70. The van der Waals surface area contributed by atoms with Crippen molar-refractivity contribution in [1.82, 2.24) is 5.32 Å². The Hall–Kier alpha value is -2.77. The molecule has 180 valence electrons. The second-order valence-electron chi connectivity index (χ2n) is 9.84. The van der Waals surface area contributed by atoms with Crippen molar-refractivity contribution in [2.24, 2.45) is 17.3 Å². The van der Waals surface area contributed by atoms with Crippen LogP contribution in [0.25, 0.3) is 10.8 Å². The maximum Gasteiger partial charge on any atom is 0.391 e. The highest BCUT2D eigenvalue weighted by molar-refractivity contribution is 6.05. The van der Waals surface area contributed by atoms with Gasteiger partial charge in [-0.05, 0) is 48.5 Å². The molecule has 5 nitrogen and oxygen atoms in total. The molecule has 2 N–H and O–H groups in total. The zero-order chi connectivity index (χ0) is 24.4. The Kier molecular flexibility index (Phi) is 7.24. The minimum Gasteiger partial charge on any atom is -0.492 e. The summed E-state index contributed by atoms with van der Waals surface area (Å²) in [6.07, 6.45) is -3.21. The Morgan fingerprint density at radius 1 is 1.06 bits per heavy atom. The number of hydrogen-bond donors (Lipinski definition) is 2. The van der Waals surface area contributed by atoms with Gasteiger partial charge >= 0.3 is 12.1 Å². The monoisotopic (exact) mass is 465 g/mol. The first-order chi connectivity index (χ1) is 15.4. The molecule has 1 saturated carbocycles. The van der Waals surface area contributed by atoms with Crippen molar-refractivity contribution in [3.8, 4) is 5.75 Å². The molecule has 0 saturated heterocycles. The van der Waals surface area contributed by atoms with Crippen molar-refractivity contribution in [1.29, 1.82) is 0 Å². The fraction of sp³-hybridized carbons (Fsp3) is 0.520. The van der Waals surface area contributed by atoms with Gasteiger partial charge in [0, 0.05) is 5.39 Å². The first-order valence-corrected chi connectivity index (χ1v) is 11.1. The molecule has 0 aromatic heterocycles. The van der Waals surface area contributed by atoms with Crippen LogP contribution < -0.4 is 10.1 Å². The molecule has 0 radical (unpaired) electrons. The van der Waals surface area contributed by atoms with E-state index in [1.807, 2.05) is 12.1 Å². The van der Waals surface area contributed by atoms with Crippen LogP contribution in [0.2, 0.25) is 0 Å². The first kappa shape index (κ1) is 24.9. The molecule has 1 amide bonds. The van der Waals surface area contributed by atoms with E-state index < -0.39 is 35.4 Å². The molecule has 2 aromatic rings. The fourth-order valence-electron chi connectivity index (χ4n) is 4.29. The van der Waals surface area contributed by atoms with Crippen LogP contribution in [-0.4, -0.2) is 35.8 Å². The molecule has 1 atom stereocenters. The van der Waals surface area contributed by atoms with Gasteiger partial charge in [-0.3, -0.25) is 4.79 Å². The van der Waals surface area contributed by atoms with E-state index in [9.17, 15) is 27.9 Å². The summed E-state index contributed by atoms with van der Waals surface area (Å²) < 4.78 is 45.0. The molecule has 1 fully saturated rings. The molecule has 0 aliphatic heterocycles. The number of carboxylic acids is 1. The Morgan fingerprint density at radius 2 is 1.70 bits per heavy atom. The number of halogens is 3. The number of fused-ring (bicyclic) bond motifs is 1. The second kappa shape index (κ2) is 9.61. The SMILES string of the molecule is CC(C)(C)C(NC(=O)c1ccc2ccccc2c1OCC1CCC(C(F)(F)F)CC1)C(=O)O. The van der Waals surface area contributed by atoms with Gasteiger partial charge in [0.2, 0.25) is 0 Å². The van der Waals surface area contributed by atoms with Crippen molar-refractivity contribution < 1.29 is 32.6 Å². The van der Waals surface area contributed by atoms with Crippen LogP contribution in [0.3, 0.4) is 0 Å². The molecule has 0 spiro atoms. The van der Waals surface area contributed by atoms with Gasteiger partial charge in [0.1, 0.15) is 11.8 Å². The zero-order valence-electron chi connectivity index (χ0n) is 19.0. The molecule has 0 heterocycles. The molecule has 1 aliphatic carbocycles. The average molecular weight is 466 g/mol. The Balaban J connectivity index is 1.82. The number of carboxylic acid groups (broad SMARTS) is 1. The number of rotatable bonds is 6. The van der Waals surface area contributed by atoms with Gasteiger partial charge in [-0.25, -0.2) is 4.79 Å². The maximum absolute atomic E-state index is 13.1. The minimum atomic E-state index is -4.17. The van der Waals surface area contributed by atoms with Crippen LogP contribution in [0, 0.1) is 17.3 Å². The number of carbonyl (C=O) groups is 2. The van der Waals surface area contributed by atoms with Crippen molar-refractivity contribution in [2.45, 2.75) is 58.7 Å². The fourth-order valence-corrected chi connectivity index (χ4v) is 4.29. The van der Waals surface area contributed by atoms with Crippen molar-refractivity contribution in [3.63, 3.8) is 0 Å². The van der Waals surface area contributed by atoms with E-state index in [0.717, 1.165) is 5.39 Å². The normalized spacial score (nSPS) is 20.3. The maximum atomic E-state index is 13.1. The number of carbonyl (C=O) groups excluding carboxylic acids is 1. The van der Waals surface area contributed by atoms with Gasteiger partial charge in [-0.1, -0.05) is 51.1 Å². The van der Waals surface area contributed by atoms with Crippen LogP contribution in [-0.2, 0) is 4.79 Å². The number of nitrogens with one attached hydrogen (secondary N) is 1. The van der Waals surface area contributed by atoms with Gasteiger partial charge in [0.25, 0.3) is 5.91 Å². The molecule has 0 bridgehead atoms. The van der Waals surface area contributed by atoms with Crippen molar-refractivity contribution in [3.05, 3.63) is 42.0 Å². The van der Waals surface area contributed by atoms with Gasteiger partial charge in [-0.2, -0.15) is 13.2 Å². The lowest BCUT2D eigenvalue weighted by atomic mass is 9.82. The summed E-state index contributed by atoms with van der Waals surface area (Å²) in [5, 5.41) is 13.7. The lowest BCUT2D eigenvalue weighted by Gasteiger charge is -2.30. The smallest absolute Gasteiger partial charge is 0.391 e. The lowest BCUT2D eigenvalue weighted by molar-refractivity contribution is -0.184. The average Bonchev–Trinajstić information content (AvgIpc) is 2.74. The van der Waals surface area contributed by atoms with Gasteiger partial charge in [-0.15, -0.1) is 0 Å². The van der Waals surface area contributed by atoms with E-state index in [1.54, 1.807) is 45.0 Å². The third-order valence-electron chi connectivity index (χ3n) is 6.29. The number of hydrogen-bond acceptors (Lipinski definition) is 3. The zero-order valence-corrected chi connectivity index (χ0v) is 19.0. The van der Waals surface area contributed by atoms with Crippen LogP contribution in [0.1, 0.15) is 56.8 Å². The summed E-state index contributed by atoms with van der Waals surface area (Å²) in [6.45, 7) is 5.37. The summed E-state index contributed by atoms with van der Waals surface area (Å²) in [6, 6.07) is 9.58. The summed E-state index contributed by atoms with van der Waals surface area (Å²) in [5.41, 5.74) is -0.510. The van der Waals surface area contributed by atoms with E-state index in [0.29, 0.717) is 24.0 Å². The van der Waals surface area contributed by atoms with Crippen LogP contribution in [0.4, 0.5) is 13.2 Å². The lowest BCUT2D eigenvalue weighted by Crippen LogP contribution is -2.49. The number of amides is 1. The van der Waals surface area contributed by atoms with Gasteiger partial charge in [0.15, 0.2) is 0 Å². The van der Waals surface area contributed by atoms with Crippen LogP contribution >= 0.6 is 0 Å². The topological polar surface area (TPSA) is 75.6 Å². The van der Waals surface area contributed by atoms with E-state index in [4.69, 9.17) is 4.74 Å². The highest BCUT2D eigenvalue weighted by Crippen LogP contribution is 2.40. The largest absolute Gasteiger partial charge is 0.492 e. The molecule has 3 rings (SSSR count). The molecular weight excluding hydrogens is 435 g/mol. The molecule has 2 aromatic carbocycles. The summed E-state index contributed by atoms with van der Waals surface area (Å²) >= 11 is 0. The third kappa shape index (κ3) is 5.97. The van der Waals surface area contributed by atoms with E-state index in [1.165, 1.54) is 0 Å². The number of alkyl halides is 3. The molecular formula is C25H30F3NO4. The van der Waals surface area contributed by atoms with Crippen LogP contribution in [0.5, 0.6) is 5.75 Å². The summed E-state index contributed by atoms with van der Waals surface area (Å²) in [4.78, 5) is 24.8. The quantitative estimate of drug-likeness (QED) is 0.564. The Bertz CT molecular complexity index is 1000. The van der Waals surface area contributed by atoms with Gasteiger partial charge in [0.05, 0.1) is 18.1 Å². The van der Waals surface area contributed by atoms with Crippen molar-refractivity contribution in [2.75, 3.05) is 6.61 Å². The van der Waals surface area contributed by atoms with Crippen molar-refractivity contribution >= 4 is 22.6 Å². The summed E-state index contributed by atoms with van der Waals surface area (Å²) in [7, 11) is 0. The molecule has 1 unspecified atom stereocenters.